The number of amidine groups is 1. The molecule has 2 atom stereocenters. The molecule has 8 heteroatoms. The van der Waals surface area contributed by atoms with Crippen molar-refractivity contribution in [1.82, 2.24) is 4.98 Å². The minimum absolute atomic E-state index is 0.00514. The number of hydrogen-bond acceptors (Lipinski definition) is 4. The Balaban J connectivity index is 1.48. The summed E-state index contributed by atoms with van der Waals surface area (Å²) in [7, 11) is 0. The molecule has 1 aliphatic heterocycles. The van der Waals surface area contributed by atoms with Crippen LogP contribution in [0.3, 0.4) is 0 Å². The fourth-order valence-electron chi connectivity index (χ4n) is 4.36. The minimum atomic E-state index is -4.40. The smallest absolute Gasteiger partial charge is 0.294 e. The molecule has 2 aliphatic rings. The van der Waals surface area contributed by atoms with E-state index in [0.717, 1.165) is 36.1 Å². The Morgan fingerprint density at radius 1 is 1.21 bits per heavy atom. The fourth-order valence-corrected chi connectivity index (χ4v) is 4.65. The molecule has 34 heavy (non-hydrogen) atoms. The number of nitrogens with zero attached hydrogens (tertiary/aromatic N) is 2. The average molecular weight is 486 g/mol. The van der Waals surface area contributed by atoms with E-state index in [9.17, 15) is 18.0 Å². The van der Waals surface area contributed by atoms with E-state index in [2.05, 4.69) is 29.2 Å². The Bertz CT molecular complexity index is 1220. The number of hydrogen-bond donors (Lipinski definition) is 2. The van der Waals surface area contributed by atoms with Crippen LogP contribution in [-0.4, -0.2) is 29.0 Å². The summed E-state index contributed by atoms with van der Waals surface area (Å²) < 4.78 is 40.2. The zero-order valence-corrected chi connectivity index (χ0v) is 19.9. The first-order valence-corrected chi connectivity index (χ1v) is 11.6. The van der Waals surface area contributed by atoms with Gasteiger partial charge in [0.25, 0.3) is 0 Å². The van der Waals surface area contributed by atoms with Gasteiger partial charge in [-0.1, -0.05) is 24.8 Å². The predicted octanol–water partition coefficient (Wildman–Crippen LogP) is 5.78. The number of aliphatic imine (C=N–C) groups is 1. The summed E-state index contributed by atoms with van der Waals surface area (Å²) in [5, 5.41) is 7.21. The lowest BCUT2D eigenvalue weighted by Gasteiger charge is -2.30. The topological polar surface area (TPSA) is 66.2 Å². The number of pyridine rings is 1. The van der Waals surface area contributed by atoms with Gasteiger partial charge in [-0.15, -0.1) is 0 Å². The van der Waals surface area contributed by atoms with E-state index in [1.54, 1.807) is 12.3 Å². The van der Waals surface area contributed by atoms with Crippen LogP contribution >= 0.6 is 12.6 Å². The molecule has 4 nitrogen and oxygen atoms in total. The Hall–Kier alpha value is -2.74. The lowest BCUT2D eigenvalue weighted by Crippen LogP contribution is -2.37. The monoisotopic (exact) mass is 485 g/mol. The van der Waals surface area contributed by atoms with Gasteiger partial charge in [0.2, 0.25) is 0 Å². The summed E-state index contributed by atoms with van der Waals surface area (Å²) in [6.07, 6.45) is -0.903. The van der Waals surface area contributed by atoms with E-state index in [4.69, 9.17) is 5.41 Å². The summed E-state index contributed by atoms with van der Waals surface area (Å²) in [5.41, 5.74) is 2.52. The molecule has 1 N–H and O–H groups in total. The number of thiol groups is 1. The number of nitrogens with one attached hydrogen (secondary N) is 1. The van der Waals surface area contributed by atoms with Crippen molar-refractivity contribution in [2.24, 2.45) is 10.9 Å². The van der Waals surface area contributed by atoms with Gasteiger partial charge >= 0.3 is 6.18 Å². The normalized spacial score (nSPS) is 18.8. The van der Waals surface area contributed by atoms with Gasteiger partial charge in [0, 0.05) is 29.8 Å². The Kier molecular flexibility index (Phi) is 6.31. The highest BCUT2D eigenvalue weighted by Crippen LogP contribution is 2.41. The quantitative estimate of drug-likeness (QED) is 0.417. The van der Waals surface area contributed by atoms with Gasteiger partial charge in [0.1, 0.15) is 11.3 Å². The van der Waals surface area contributed by atoms with E-state index in [1.807, 2.05) is 18.2 Å². The summed E-state index contributed by atoms with van der Waals surface area (Å²) in [6, 6.07) is 8.83. The molecule has 0 bridgehead atoms. The van der Waals surface area contributed by atoms with Crippen LogP contribution < -0.4 is 0 Å². The van der Waals surface area contributed by atoms with Crippen LogP contribution in [-0.2, 0) is 29.5 Å². The van der Waals surface area contributed by atoms with Crippen LogP contribution in [0.25, 0.3) is 0 Å². The van der Waals surface area contributed by atoms with Crippen LogP contribution in [0, 0.1) is 11.3 Å². The number of halogens is 3. The van der Waals surface area contributed by atoms with E-state index in [1.165, 1.54) is 6.07 Å². The standard InChI is InChI=1S/C26H26F3N3OS/c1-14(24(34)18-5-4-15-12-22(30)31-13-19(15)11-18)23(33)17-6-8-20-16(10-17)7-9-21(32-20)25(2,3)26(27,28)29/h4-5,7,9,11,13,17,24,30,34H,1,6,8,10,12H2,2-3H3. The molecule has 0 fully saturated rings. The lowest BCUT2D eigenvalue weighted by molar-refractivity contribution is -0.181. The number of fused-ring (bicyclic) bond motifs is 2. The van der Waals surface area contributed by atoms with Gasteiger partial charge in [-0.2, -0.15) is 25.8 Å². The largest absolute Gasteiger partial charge is 0.399 e. The highest BCUT2D eigenvalue weighted by molar-refractivity contribution is 7.80. The van der Waals surface area contributed by atoms with Crippen LogP contribution in [0.2, 0.25) is 0 Å². The van der Waals surface area contributed by atoms with Crippen molar-refractivity contribution < 1.29 is 18.0 Å². The second kappa shape index (κ2) is 8.80. The number of carbonyl (C=O) groups is 1. The molecule has 0 saturated carbocycles. The maximum atomic E-state index is 13.4. The molecule has 0 saturated heterocycles. The summed E-state index contributed by atoms with van der Waals surface area (Å²) in [4.78, 5) is 21.6. The zero-order chi connectivity index (χ0) is 24.8. The molecule has 1 aliphatic carbocycles. The number of aromatic nitrogens is 1. The molecule has 0 amide bonds. The van der Waals surface area contributed by atoms with E-state index in [0.29, 0.717) is 42.8 Å². The number of aryl methyl sites for hydroxylation is 1. The highest BCUT2D eigenvalue weighted by atomic mass is 32.1. The first kappa shape index (κ1) is 24.4. The van der Waals surface area contributed by atoms with Crippen molar-refractivity contribution in [2.75, 3.05) is 0 Å². The van der Waals surface area contributed by atoms with Gasteiger partial charge < -0.3 is 0 Å². The van der Waals surface area contributed by atoms with Gasteiger partial charge in [0.05, 0.1) is 10.9 Å². The van der Waals surface area contributed by atoms with Crippen molar-refractivity contribution in [3.05, 3.63) is 76.1 Å². The van der Waals surface area contributed by atoms with E-state index >= 15 is 0 Å². The Morgan fingerprint density at radius 3 is 2.62 bits per heavy atom. The zero-order valence-electron chi connectivity index (χ0n) is 19.0. The predicted molar refractivity (Wildman–Crippen MR) is 130 cm³/mol. The number of alkyl halides is 3. The van der Waals surface area contributed by atoms with Crippen molar-refractivity contribution in [1.29, 1.82) is 5.41 Å². The van der Waals surface area contributed by atoms with E-state index in [-0.39, 0.29) is 17.4 Å². The molecule has 178 valence electrons. The molecule has 4 rings (SSSR count). The molecule has 1 aromatic heterocycles. The first-order valence-electron chi connectivity index (χ1n) is 11.1. The molecule has 2 aromatic rings. The molecule has 2 unspecified atom stereocenters. The van der Waals surface area contributed by atoms with Gasteiger partial charge in [-0.25, -0.2) is 4.99 Å². The van der Waals surface area contributed by atoms with Crippen LogP contribution in [0.5, 0.6) is 0 Å². The summed E-state index contributed by atoms with van der Waals surface area (Å²) in [5.74, 6) is -0.0838. The lowest BCUT2D eigenvalue weighted by atomic mass is 9.80. The number of Topliss-reactive ketones (excluding diaryl/α,β-unsaturated/α-hetero) is 1. The van der Waals surface area contributed by atoms with Gasteiger partial charge in [-0.05, 0) is 67.5 Å². The van der Waals surface area contributed by atoms with Gasteiger partial charge in [0.15, 0.2) is 5.78 Å². The SMILES string of the molecule is C=C(C(=O)C1CCc2nc(C(C)(C)C(F)(F)F)ccc2C1)C(S)c1ccc2c(c1)C=NC(=N)C2. The second-order valence-corrected chi connectivity index (χ2v) is 10.0. The molecular formula is C26H26F3N3OS. The molecule has 0 radical (unpaired) electrons. The molecule has 2 heterocycles. The fraction of sp³-hybridized carbons (Fsp3) is 0.385. The molecule has 1 aromatic carbocycles. The minimum Gasteiger partial charge on any atom is -0.294 e. The highest BCUT2D eigenvalue weighted by Gasteiger charge is 2.49. The Labute approximate surface area is 202 Å². The third kappa shape index (κ3) is 4.48. The van der Waals surface area contributed by atoms with Crippen LogP contribution in [0.4, 0.5) is 13.2 Å². The molecular weight excluding hydrogens is 459 g/mol. The van der Waals surface area contributed by atoms with Crippen LogP contribution in [0.1, 0.15) is 59.2 Å². The first-order chi connectivity index (χ1) is 15.9. The number of ketones is 1. The van der Waals surface area contributed by atoms with Crippen molar-refractivity contribution in [2.45, 2.75) is 56.4 Å². The maximum absolute atomic E-state index is 13.4. The summed E-state index contributed by atoms with van der Waals surface area (Å²) >= 11 is 4.66. The Morgan fingerprint density at radius 2 is 1.91 bits per heavy atom. The third-order valence-corrected chi connectivity index (χ3v) is 7.44. The van der Waals surface area contributed by atoms with Crippen molar-refractivity contribution >= 4 is 30.5 Å². The molecule has 0 spiro atoms. The van der Waals surface area contributed by atoms with Gasteiger partial charge in [-0.3, -0.25) is 15.2 Å². The number of rotatable bonds is 5. The number of benzene rings is 1. The van der Waals surface area contributed by atoms with Crippen molar-refractivity contribution in [3.8, 4) is 0 Å². The maximum Gasteiger partial charge on any atom is 0.399 e. The second-order valence-electron chi connectivity index (χ2n) is 9.50. The average Bonchev–Trinajstić information content (AvgIpc) is 2.80. The third-order valence-electron chi connectivity index (χ3n) is 6.83. The summed E-state index contributed by atoms with van der Waals surface area (Å²) in [6.45, 7) is 6.28. The van der Waals surface area contributed by atoms with Crippen molar-refractivity contribution in [3.63, 3.8) is 0 Å². The van der Waals surface area contributed by atoms with Crippen LogP contribution in [0.15, 0.2) is 47.5 Å². The van der Waals surface area contributed by atoms with E-state index < -0.39 is 16.8 Å². The number of carbonyl (C=O) groups excluding carboxylic acids is 1.